The zero-order valence-electron chi connectivity index (χ0n) is 13.1. The second kappa shape index (κ2) is 9.17. The van der Waals surface area contributed by atoms with Crippen molar-refractivity contribution in [2.45, 2.75) is 37.9 Å². The second-order valence-corrected chi connectivity index (χ2v) is 5.74. The first-order chi connectivity index (χ1) is 10.7. The monoisotopic (exact) mass is 376 g/mol. The maximum absolute atomic E-state index is 12.1. The van der Waals surface area contributed by atoms with Crippen molar-refractivity contribution in [2.75, 3.05) is 17.2 Å². The molecular formula is C15H22Cl2N4O3. The molecule has 0 radical (unpaired) electrons. The molecule has 2 atom stereocenters. The van der Waals surface area contributed by atoms with Crippen LogP contribution in [0.4, 0.5) is 11.5 Å². The van der Waals surface area contributed by atoms with Gasteiger partial charge >= 0.3 is 0 Å². The number of amides is 2. The normalized spacial score (nSPS) is 22.0. The standard InChI is InChI=1S/C15H20N4O3.2ClH/c16-7-11-4-5-12(22-11)15(21)18-10-3-6-13(17-8-10)19-14(20)9-1-2-9;;/h3,6,8-9,11-12H,1-2,4-5,7,16H2,(H,18,21)(H,17,19,20);2*1H/t11-,12+;;/m1../s1. The van der Waals surface area contributed by atoms with Crippen LogP contribution in [0.3, 0.4) is 0 Å². The molecule has 0 spiro atoms. The van der Waals surface area contributed by atoms with Crippen molar-refractivity contribution in [2.24, 2.45) is 11.7 Å². The highest BCUT2D eigenvalue weighted by Crippen LogP contribution is 2.30. The minimum absolute atomic E-state index is 0. The number of carbonyl (C=O) groups excluding carboxylic acids is 2. The molecular weight excluding hydrogens is 355 g/mol. The van der Waals surface area contributed by atoms with Gasteiger partial charge in [0.15, 0.2) is 0 Å². The quantitative estimate of drug-likeness (QED) is 0.725. The van der Waals surface area contributed by atoms with Crippen LogP contribution in [0, 0.1) is 5.92 Å². The Balaban J connectivity index is 0.00000144. The largest absolute Gasteiger partial charge is 0.364 e. The molecule has 1 saturated heterocycles. The zero-order chi connectivity index (χ0) is 15.5. The highest BCUT2D eigenvalue weighted by atomic mass is 35.5. The van der Waals surface area contributed by atoms with Crippen LogP contribution in [-0.4, -0.2) is 35.6 Å². The predicted molar refractivity (Wildman–Crippen MR) is 95.7 cm³/mol. The third-order valence-electron chi connectivity index (χ3n) is 3.89. The van der Waals surface area contributed by atoms with Gasteiger partial charge in [0.1, 0.15) is 11.9 Å². The smallest absolute Gasteiger partial charge is 0.253 e. The van der Waals surface area contributed by atoms with E-state index in [1.54, 1.807) is 12.1 Å². The first-order valence-corrected chi connectivity index (χ1v) is 7.59. The van der Waals surface area contributed by atoms with Crippen molar-refractivity contribution >= 4 is 48.1 Å². The summed E-state index contributed by atoms with van der Waals surface area (Å²) in [6, 6.07) is 3.39. The molecule has 1 saturated carbocycles. The molecule has 3 rings (SSSR count). The molecule has 1 aliphatic carbocycles. The second-order valence-electron chi connectivity index (χ2n) is 5.74. The number of aromatic nitrogens is 1. The number of pyridine rings is 1. The highest BCUT2D eigenvalue weighted by Gasteiger charge is 2.30. The Hall–Kier alpha value is -1.41. The molecule has 2 aliphatic rings. The Morgan fingerprint density at radius 1 is 1.12 bits per heavy atom. The van der Waals surface area contributed by atoms with E-state index in [9.17, 15) is 9.59 Å². The van der Waals surface area contributed by atoms with Gasteiger partial charge < -0.3 is 21.1 Å². The molecule has 0 unspecified atom stereocenters. The van der Waals surface area contributed by atoms with Gasteiger partial charge in [-0.1, -0.05) is 0 Å². The summed E-state index contributed by atoms with van der Waals surface area (Å²) in [6.45, 7) is 0.431. The molecule has 0 aromatic carbocycles. The third kappa shape index (κ3) is 5.31. The van der Waals surface area contributed by atoms with E-state index in [0.717, 1.165) is 19.3 Å². The van der Waals surface area contributed by atoms with E-state index >= 15 is 0 Å². The van der Waals surface area contributed by atoms with E-state index in [1.165, 1.54) is 6.20 Å². The summed E-state index contributed by atoms with van der Waals surface area (Å²) < 4.78 is 5.54. The van der Waals surface area contributed by atoms with Crippen LogP contribution in [0.1, 0.15) is 25.7 Å². The van der Waals surface area contributed by atoms with Gasteiger partial charge in [-0.05, 0) is 37.8 Å². The Labute approximate surface area is 152 Å². The maximum Gasteiger partial charge on any atom is 0.253 e. The van der Waals surface area contributed by atoms with Crippen LogP contribution < -0.4 is 16.4 Å². The maximum atomic E-state index is 12.1. The van der Waals surface area contributed by atoms with Crippen molar-refractivity contribution < 1.29 is 14.3 Å². The minimum atomic E-state index is -0.456. The van der Waals surface area contributed by atoms with Gasteiger partial charge in [-0.3, -0.25) is 9.59 Å². The number of nitrogens with two attached hydrogens (primary N) is 1. The summed E-state index contributed by atoms with van der Waals surface area (Å²) in [4.78, 5) is 27.8. The third-order valence-corrected chi connectivity index (χ3v) is 3.89. The molecule has 9 heteroatoms. The Kier molecular flexibility index (Phi) is 7.89. The summed E-state index contributed by atoms with van der Waals surface area (Å²) in [5, 5.41) is 5.52. The molecule has 2 amide bonds. The fraction of sp³-hybridized carbons (Fsp3) is 0.533. The molecule has 0 bridgehead atoms. The zero-order valence-corrected chi connectivity index (χ0v) is 14.7. The lowest BCUT2D eigenvalue weighted by atomic mass is 10.2. The van der Waals surface area contributed by atoms with Crippen molar-refractivity contribution in [3.05, 3.63) is 18.3 Å². The van der Waals surface area contributed by atoms with Gasteiger partial charge in [-0.15, -0.1) is 24.8 Å². The van der Waals surface area contributed by atoms with E-state index in [4.69, 9.17) is 10.5 Å². The van der Waals surface area contributed by atoms with E-state index < -0.39 is 6.10 Å². The van der Waals surface area contributed by atoms with Crippen LogP contribution in [0.5, 0.6) is 0 Å². The topological polar surface area (TPSA) is 106 Å². The van der Waals surface area contributed by atoms with Crippen LogP contribution in [0.25, 0.3) is 0 Å². The van der Waals surface area contributed by atoms with E-state index in [1.807, 2.05) is 0 Å². The summed E-state index contributed by atoms with van der Waals surface area (Å²) in [6.07, 6.45) is 4.42. The molecule has 2 heterocycles. The number of nitrogens with zero attached hydrogens (tertiary/aromatic N) is 1. The Morgan fingerprint density at radius 2 is 1.88 bits per heavy atom. The van der Waals surface area contributed by atoms with Gasteiger partial charge in [0.05, 0.1) is 18.0 Å². The summed E-state index contributed by atoms with van der Waals surface area (Å²) in [7, 11) is 0. The van der Waals surface area contributed by atoms with Crippen LogP contribution in [0.2, 0.25) is 0 Å². The molecule has 1 aliphatic heterocycles. The van der Waals surface area contributed by atoms with Crippen molar-refractivity contribution in [3.8, 4) is 0 Å². The van der Waals surface area contributed by atoms with E-state index in [-0.39, 0.29) is 48.7 Å². The molecule has 1 aromatic heterocycles. The fourth-order valence-electron chi connectivity index (χ4n) is 2.41. The average Bonchev–Trinajstić information content (AvgIpc) is 3.26. The van der Waals surface area contributed by atoms with Gasteiger partial charge in [0.2, 0.25) is 5.91 Å². The number of carbonyl (C=O) groups is 2. The van der Waals surface area contributed by atoms with Gasteiger partial charge in [0, 0.05) is 12.5 Å². The molecule has 4 N–H and O–H groups in total. The lowest BCUT2D eigenvalue weighted by Crippen LogP contribution is -2.29. The number of nitrogens with one attached hydrogen (secondary N) is 2. The molecule has 1 aromatic rings. The lowest BCUT2D eigenvalue weighted by Gasteiger charge is -2.12. The van der Waals surface area contributed by atoms with E-state index in [0.29, 0.717) is 24.5 Å². The highest BCUT2D eigenvalue weighted by molar-refractivity contribution is 5.95. The molecule has 134 valence electrons. The minimum Gasteiger partial charge on any atom is -0.364 e. The summed E-state index contributed by atoms with van der Waals surface area (Å²) in [5.74, 6) is 0.454. The fourth-order valence-corrected chi connectivity index (χ4v) is 2.41. The number of anilines is 2. The Morgan fingerprint density at radius 3 is 2.42 bits per heavy atom. The number of halogens is 2. The van der Waals surface area contributed by atoms with Gasteiger partial charge in [-0.25, -0.2) is 4.98 Å². The number of ether oxygens (including phenoxy) is 1. The van der Waals surface area contributed by atoms with Gasteiger partial charge in [-0.2, -0.15) is 0 Å². The summed E-state index contributed by atoms with van der Waals surface area (Å²) >= 11 is 0. The number of hydrogen-bond donors (Lipinski definition) is 3. The first kappa shape index (κ1) is 20.6. The summed E-state index contributed by atoms with van der Waals surface area (Å²) in [5.41, 5.74) is 6.11. The molecule has 7 nitrogen and oxygen atoms in total. The first-order valence-electron chi connectivity index (χ1n) is 7.59. The average molecular weight is 377 g/mol. The molecule has 2 fully saturated rings. The Bertz CT molecular complexity index is 566. The number of rotatable bonds is 5. The van der Waals surface area contributed by atoms with Crippen LogP contribution >= 0.6 is 24.8 Å². The van der Waals surface area contributed by atoms with Crippen molar-refractivity contribution in [1.29, 1.82) is 0 Å². The van der Waals surface area contributed by atoms with E-state index in [2.05, 4.69) is 15.6 Å². The predicted octanol–water partition coefficient (Wildman–Crippen LogP) is 1.72. The van der Waals surface area contributed by atoms with Crippen LogP contribution in [-0.2, 0) is 14.3 Å². The lowest BCUT2D eigenvalue weighted by molar-refractivity contribution is -0.126. The van der Waals surface area contributed by atoms with Gasteiger partial charge in [0.25, 0.3) is 5.91 Å². The molecule has 24 heavy (non-hydrogen) atoms. The SMILES string of the molecule is Cl.Cl.NC[C@H]1CC[C@@H](C(=O)Nc2ccc(NC(=O)C3CC3)nc2)O1. The number of hydrogen-bond acceptors (Lipinski definition) is 5. The van der Waals surface area contributed by atoms with Crippen molar-refractivity contribution in [1.82, 2.24) is 4.98 Å². The van der Waals surface area contributed by atoms with Crippen LogP contribution in [0.15, 0.2) is 18.3 Å². The van der Waals surface area contributed by atoms with Crippen molar-refractivity contribution in [3.63, 3.8) is 0 Å².